The van der Waals surface area contributed by atoms with E-state index >= 15 is 0 Å². The average Bonchev–Trinajstić information content (AvgIpc) is 3.28. The van der Waals surface area contributed by atoms with Gasteiger partial charge in [-0.15, -0.1) is 0 Å². The normalized spacial score (nSPS) is 17.8. The summed E-state index contributed by atoms with van der Waals surface area (Å²) >= 11 is 0. The zero-order chi connectivity index (χ0) is 24.1. The number of aromatic nitrogens is 1. The van der Waals surface area contributed by atoms with Gasteiger partial charge in [-0.2, -0.15) is 5.26 Å². The fraction of sp³-hybridized carbons (Fsp3) is 0.385. The Labute approximate surface area is 198 Å². The maximum absolute atomic E-state index is 12.6. The van der Waals surface area contributed by atoms with Gasteiger partial charge >= 0.3 is 0 Å². The number of nitrogens with zero attached hydrogens (tertiary/aromatic N) is 5. The molecule has 176 valence electrons. The molecule has 5 rings (SSSR count). The van der Waals surface area contributed by atoms with E-state index in [9.17, 15) is 15.2 Å². The van der Waals surface area contributed by atoms with Gasteiger partial charge in [0, 0.05) is 63.4 Å². The molecule has 1 aromatic heterocycles. The molecule has 8 heteroatoms. The fourth-order valence-corrected chi connectivity index (χ4v) is 5.16. The molecule has 0 bridgehead atoms. The quantitative estimate of drug-likeness (QED) is 0.645. The maximum Gasteiger partial charge on any atom is 0.253 e. The zero-order valence-electron chi connectivity index (χ0n) is 20.0. The highest BCUT2D eigenvalue weighted by molar-refractivity contribution is 5.98. The number of rotatable bonds is 3. The molecular weight excluding hydrogens is 430 g/mol. The number of anilines is 4. The number of benzene rings is 2. The van der Waals surface area contributed by atoms with Gasteiger partial charge in [-0.3, -0.25) is 4.79 Å². The molecule has 8 nitrogen and oxygen atoms in total. The Hall–Kier alpha value is -3.70. The number of likely N-dealkylation sites (N-methyl/N-ethyl adjacent to an activating group) is 1. The molecule has 2 aromatic carbocycles. The van der Waals surface area contributed by atoms with Gasteiger partial charge in [0.2, 0.25) is 0 Å². The summed E-state index contributed by atoms with van der Waals surface area (Å²) in [5.41, 5.74) is 5.80. The van der Waals surface area contributed by atoms with Crippen LogP contribution in [0, 0.1) is 18.3 Å². The van der Waals surface area contributed by atoms with Crippen molar-refractivity contribution in [1.29, 1.82) is 5.26 Å². The number of aliphatic hydroxyl groups excluding tert-OH is 1. The number of aliphatic hydroxyl groups is 1. The third-order valence-electron chi connectivity index (χ3n) is 7.08. The Morgan fingerprint density at radius 3 is 2.50 bits per heavy atom. The molecule has 1 unspecified atom stereocenters. The Kier molecular flexibility index (Phi) is 5.37. The van der Waals surface area contributed by atoms with Crippen LogP contribution in [0.1, 0.15) is 17.5 Å². The molecule has 34 heavy (non-hydrogen) atoms. The number of aryl methyl sites for hydroxylation is 2. The number of pyridine rings is 1. The molecule has 3 aromatic rings. The van der Waals surface area contributed by atoms with Crippen LogP contribution in [0.2, 0.25) is 0 Å². The molecule has 2 aliphatic heterocycles. The average molecular weight is 460 g/mol. The van der Waals surface area contributed by atoms with Crippen LogP contribution in [0.15, 0.2) is 35.1 Å². The summed E-state index contributed by atoms with van der Waals surface area (Å²) < 4.78 is 7.26. The van der Waals surface area contributed by atoms with Crippen molar-refractivity contribution in [3.05, 3.63) is 51.8 Å². The second kappa shape index (κ2) is 8.26. The van der Waals surface area contributed by atoms with Crippen LogP contribution < -0.4 is 25.0 Å². The van der Waals surface area contributed by atoms with Crippen molar-refractivity contribution < 1.29 is 9.84 Å². The van der Waals surface area contributed by atoms with Gasteiger partial charge < -0.3 is 29.1 Å². The number of methoxy groups -OCH3 is 1. The van der Waals surface area contributed by atoms with Crippen molar-refractivity contribution in [2.45, 2.75) is 19.4 Å². The molecule has 1 atom stereocenters. The largest absolute Gasteiger partial charge is 0.497 e. The summed E-state index contributed by atoms with van der Waals surface area (Å²) in [5.74, 6) is 0.671. The van der Waals surface area contributed by atoms with Crippen molar-refractivity contribution in [3.8, 4) is 11.8 Å². The third kappa shape index (κ3) is 3.44. The molecule has 0 radical (unpaired) electrons. The number of hydrogen-bond donors (Lipinski definition) is 1. The van der Waals surface area contributed by atoms with Crippen LogP contribution in [0.25, 0.3) is 10.9 Å². The molecular formula is C26H29N5O3. The Morgan fingerprint density at radius 2 is 1.82 bits per heavy atom. The lowest BCUT2D eigenvalue weighted by molar-refractivity contribution is 0.198. The third-order valence-corrected chi connectivity index (χ3v) is 7.08. The minimum Gasteiger partial charge on any atom is -0.497 e. The van der Waals surface area contributed by atoms with E-state index in [-0.39, 0.29) is 11.7 Å². The highest BCUT2D eigenvalue weighted by Gasteiger charge is 2.29. The van der Waals surface area contributed by atoms with E-state index in [2.05, 4.69) is 33.9 Å². The lowest BCUT2D eigenvalue weighted by Crippen LogP contribution is -2.37. The highest BCUT2D eigenvalue weighted by Crippen LogP contribution is 2.44. The monoisotopic (exact) mass is 459 g/mol. The second-order valence-electron chi connectivity index (χ2n) is 9.20. The standard InChI is InChI=1S/C26H29N5O3/c1-16-9-20-22(29(3)26(16)33)11-19(34-4)12-23(20)31-8-7-28(2)24-13-21(17(14-27)10-25(24)31)30-6-5-18(32)15-30/h9-13,18,32H,5-8,15H2,1-4H3. The summed E-state index contributed by atoms with van der Waals surface area (Å²) in [5, 5.41) is 21.0. The zero-order valence-corrected chi connectivity index (χ0v) is 20.0. The van der Waals surface area contributed by atoms with Crippen molar-refractivity contribution in [2.24, 2.45) is 7.05 Å². The number of β-amino-alcohol motifs (C(OH)–C–C–N with tert-alkyl or cyclic N) is 1. The van der Waals surface area contributed by atoms with Gasteiger partial charge in [0.1, 0.15) is 11.8 Å². The maximum atomic E-state index is 12.6. The van der Waals surface area contributed by atoms with E-state index in [1.165, 1.54) is 0 Å². The predicted molar refractivity (Wildman–Crippen MR) is 135 cm³/mol. The van der Waals surface area contributed by atoms with Crippen LogP contribution in [0.3, 0.4) is 0 Å². The highest BCUT2D eigenvalue weighted by atomic mass is 16.5. The van der Waals surface area contributed by atoms with E-state index in [1.54, 1.807) is 18.7 Å². The Bertz CT molecular complexity index is 1390. The minimum atomic E-state index is -0.366. The summed E-state index contributed by atoms with van der Waals surface area (Å²) in [6.45, 7) is 4.62. The summed E-state index contributed by atoms with van der Waals surface area (Å²) in [7, 11) is 5.46. The van der Waals surface area contributed by atoms with Crippen LogP contribution in [0.5, 0.6) is 5.75 Å². The van der Waals surface area contributed by atoms with Gasteiger partial charge in [0.05, 0.1) is 47.0 Å². The topological polar surface area (TPSA) is 85.0 Å². The van der Waals surface area contributed by atoms with Crippen LogP contribution in [-0.2, 0) is 7.05 Å². The van der Waals surface area contributed by atoms with E-state index in [1.807, 2.05) is 31.2 Å². The predicted octanol–water partition coefficient (Wildman–Crippen LogP) is 2.89. The molecule has 0 aliphatic carbocycles. The number of nitriles is 1. The summed E-state index contributed by atoms with van der Waals surface area (Å²) in [6.07, 6.45) is 0.340. The Morgan fingerprint density at radius 1 is 1.03 bits per heavy atom. The summed E-state index contributed by atoms with van der Waals surface area (Å²) in [4.78, 5) is 19.1. The lowest BCUT2D eigenvalue weighted by atomic mass is 10.0. The molecule has 1 N–H and O–H groups in total. The summed E-state index contributed by atoms with van der Waals surface area (Å²) in [6, 6.07) is 12.2. The fourth-order valence-electron chi connectivity index (χ4n) is 5.16. The van der Waals surface area contributed by atoms with Crippen molar-refractivity contribution in [3.63, 3.8) is 0 Å². The first kappa shape index (κ1) is 22.1. The Balaban J connectivity index is 1.73. The molecule has 2 aliphatic rings. The number of fused-ring (bicyclic) bond motifs is 2. The number of ether oxygens (including phenoxy) is 1. The first-order valence-electron chi connectivity index (χ1n) is 11.5. The lowest BCUT2D eigenvalue weighted by Gasteiger charge is -2.38. The molecule has 1 fully saturated rings. The van der Waals surface area contributed by atoms with Gasteiger partial charge in [0.25, 0.3) is 5.56 Å². The SMILES string of the molecule is COc1cc(N2CCN(C)c3cc(N4CCC(O)C4)c(C#N)cc32)c2cc(C)c(=O)n(C)c2c1. The van der Waals surface area contributed by atoms with E-state index in [0.717, 1.165) is 53.3 Å². The second-order valence-corrected chi connectivity index (χ2v) is 9.20. The molecule has 3 heterocycles. The molecule has 0 saturated carbocycles. The molecule has 1 saturated heterocycles. The first-order chi connectivity index (χ1) is 16.3. The van der Waals surface area contributed by atoms with E-state index in [4.69, 9.17) is 4.74 Å². The smallest absolute Gasteiger partial charge is 0.253 e. The minimum absolute atomic E-state index is 0.0327. The van der Waals surface area contributed by atoms with Gasteiger partial charge in [-0.25, -0.2) is 0 Å². The van der Waals surface area contributed by atoms with Gasteiger partial charge in [-0.05, 0) is 31.5 Å². The van der Waals surface area contributed by atoms with E-state index in [0.29, 0.717) is 29.8 Å². The van der Waals surface area contributed by atoms with Crippen LogP contribution in [-0.4, -0.2) is 56.1 Å². The first-order valence-corrected chi connectivity index (χ1v) is 11.5. The van der Waals surface area contributed by atoms with E-state index < -0.39 is 0 Å². The van der Waals surface area contributed by atoms with Crippen molar-refractivity contribution in [1.82, 2.24) is 4.57 Å². The van der Waals surface area contributed by atoms with Crippen LogP contribution >= 0.6 is 0 Å². The number of hydrogen-bond acceptors (Lipinski definition) is 7. The van der Waals surface area contributed by atoms with Gasteiger partial charge in [-0.1, -0.05) is 0 Å². The van der Waals surface area contributed by atoms with Gasteiger partial charge in [0.15, 0.2) is 0 Å². The van der Waals surface area contributed by atoms with Crippen LogP contribution in [0.4, 0.5) is 22.7 Å². The van der Waals surface area contributed by atoms with Crippen molar-refractivity contribution >= 4 is 33.7 Å². The van der Waals surface area contributed by atoms with Crippen molar-refractivity contribution in [2.75, 3.05) is 55.0 Å². The molecule has 0 spiro atoms. The molecule has 0 amide bonds.